The molecule has 0 saturated heterocycles. The molecule has 0 aromatic carbocycles. The molecule has 148 valence electrons. The third-order valence-corrected chi connectivity index (χ3v) is 7.63. The molecule has 0 atom stereocenters. The number of hydrogen-bond acceptors (Lipinski definition) is 1. The molecule has 0 aliphatic heterocycles. The maximum Gasteiger partial charge on any atom is 0.0679 e. The van der Waals surface area contributed by atoms with Crippen LogP contribution in [-0.2, 0) is 4.74 Å². The zero-order valence-corrected chi connectivity index (χ0v) is 17.7. The van der Waals surface area contributed by atoms with Gasteiger partial charge in [-0.25, -0.2) is 0 Å². The highest BCUT2D eigenvalue weighted by atomic mass is 16.5. The van der Waals surface area contributed by atoms with E-state index >= 15 is 0 Å². The van der Waals surface area contributed by atoms with Gasteiger partial charge < -0.3 is 4.74 Å². The van der Waals surface area contributed by atoms with Crippen LogP contribution < -0.4 is 0 Å². The Hall–Kier alpha value is -0.0400. The molecule has 2 rings (SSSR count). The van der Waals surface area contributed by atoms with Crippen LogP contribution in [0.4, 0.5) is 0 Å². The first-order valence-electron chi connectivity index (χ1n) is 11.8. The van der Waals surface area contributed by atoms with Crippen molar-refractivity contribution in [2.45, 2.75) is 129 Å². The summed E-state index contributed by atoms with van der Waals surface area (Å²) in [6.45, 7) is 4.62. The van der Waals surface area contributed by atoms with Crippen LogP contribution in [0, 0.1) is 17.8 Å². The Morgan fingerprint density at radius 3 is 1.92 bits per heavy atom. The number of methoxy groups -OCH3 is 1. The quantitative estimate of drug-likeness (QED) is 0.344. The van der Waals surface area contributed by atoms with Crippen LogP contribution in [0.5, 0.6) is 0 Å². The number of rotatable bonds is 11. The van der Waals surface area contributed by atoms with Crippen molar-refractivity contribution >= 4 is 0 Å². The molecule has 0 spiro atoms. The first-order valence-corrected chi connectivity index (χ1v) is 11.8. The lowest BCUT2D eigenvalue weighted by Crippen LogP contribution is -2.38. The van der Waals surface area contributed by atoms with Gasteiger partial charge in [-0.3, -0.25) is 0 Å². The monoisotopic (exact) mass is 350 g/mol. The third-order valence-electron chi connectivity index (χ3n) is 7.63. The van der Waals surface area contributed by atoms with Gasteiger partial charge in [0.2, 0.25) is 0 Å². The molecule has 2 saturated carbocycles. The summed E-state index contributed by atoms with van der Waals surface area (Å²) in [6, 6.07) is 0. The van der Waals surface area contributed by atoms with Gasteiger partial charge in [0.15, 0.2) is 0 Å². The summed E-state index contributed by atoms with van der Waals surface area (Å²) in [5, 5.41) is 0. The number of unbranched alkanes of at least 4 members (excludes halogenated alkanes) is 5. The Kier molecular flexibility index (Phi) is 9.89. The number of ether oxygens (including phenoxy) is 1. The maximum atomic E-state index is 6.04. The van der Waals surface area contributed by atoms with Crippen molar-refractivity contribution in [2.24, 2.45) is 17.8 Å². The highest BCUT2D eigenvalue weighted by Crippen LogP contribution is 2.45. The molecular weight excluding hydrogens is 304 g/mol. The predicted octanol–water partition coefficient (Wildman–Crippen LogP) is 7.92. The zero-order chi connectivity index (χ0) is 18.0. The fraction of sp³-hybridized carbons (Fsp3) is 1.00. The minimum Gasteiger partial charge on any atom is -0.378 e. The second-order valence-electron chi connectivity index (χ2n) is 9.31. The molecule has 0 N–H and O–H groups in total. The van der Waals surface area contributed by atoms with Gasteiger partial charge in [-0.2, -0.15) is 0 Å². The van der Waals surface area contributed by atoms with E-state index in [0.29, 0.717) is 0 Å². The first kappa shape index (κ1) is 21.3. The van der Waals surface area contributed by atoms with Gasteiger partial charge in [-0.1, -0.05) is 78.1 Å². The van der Waals surface area contributed by atoms with Crippen molar-refractivity contribution in [3.8, 4) is 0 Å². The Labute approximate surface area is 158 Å². The van der Waals surface area contributed by atoms with E-state index < -0.39 is 0 Å². The lowest BCUT2D eigenvalue weighted by molar-refractivity contribution is -0.0639. The van der Waals surface area contributed by atoms with Crippen LogP contribution >= 0.6 is 0 Å². The average Bonchev–Trinajstić information content (AvgIpc) is 2.67. The zero-order valence-electron chi connectivity index (χ0n) is 17.7. The Morgan fingerprint density at radius 1 is 0.720 bits per heavy atom. The molecule has 0 aromatic heterocycles. The van der Waals surface area contributed by atoms with Crippen LogP contribution in [-0.4, -0.2) is 12.7 Å². The molecule has 2 aliphatic carbocycles. The molecule has 0 aromatic rings. The number of hydrogen-bond donors (Lipinski definition) is 0. The SMILES string of the molecule is CCCCCCC1CCC([C@H]2CC[C@@](CCCCC)(OC)CC2)CC1. The summed E-state index contributed by atoms with van der Waals surface area (Å²) in [5.74, 6) is 3.11. The molecule has 0 radical (unpaired) electrons. The summed E-state index contributed by atoms with van der Waals surface area (Å²) in [4.78, 5) is 0. The van der Waals surface area contributed by atoms with Crippen LogP contribution in [0.15, 0.2) is 0 Å². The van der Waals surface area contributed by atoms with Crippen molar-refractivity contribution in [2.75, 3.05) is 7.11 Å². The first-order chi connectivity index (χ1) is 12.2. The average molecular weight is 351 g/mol. The van der Waals surface area contributed by atoms with Crippen molar-refractivity contribution in [3.05, 3.63) is 0 Å². The summed E-state index contributed by atoms with van der Waals surface area (Å²) in [5.41, 5.74) is 0.238. The van der Waals surface area contributed by atoms with Crippen LogP contribution in [0.25, 0.3) is 0 Å². The van der Waals surface area contributed by atoms with Gasteiger partial charge in [-0.15, -0.1) is 0 Å². The lowest BCUT2D eigenvalue weighted by atomic mass is 9.67. The van der Waals surface area contributed by atoms with Gasteiger partial charge in [0.1, 0.15) is 0 Å². The minimum atomic E-state index is 0.238. The van der Waals surface area contributed by atoms with Gasteiger partial charge in [0.25, 0.3) is 0 Å². The van der Waals surface area contributed by atoms with Crippen LogP contribution in [0.2, 0.25) is 0 Å². The predicted molar refractivity (Wildman–Crippen MR) is 110 cm³/mol. The van der Waals surface area contributed by atoms with E-state index in [1.807, 2.05) is 7.11 Å². The van der Waals surface area contributed by atoms with Gasteiger partial charge >= 0.3 is 0 Å². The smallest absolute Gasteiger partial charge is 0.0679 e. The van der Waals surface area contributed by atoms with E-state index in [0.717, 1.165) is 17.8 Å². The molecule has 1 nitrogen and oxygen atoms in total. The van der Waals surface area contributed by atoms with E-state index in [2.05, 4.69) is 13.8 Å². The Bertz CT molecular complexity index is 321. The minimum absolute atomic E-state index is 0.238. The molecule has 2 fully saturated rings. The van der Waals surface area contributed by atoms with Gasteiger partial charge in [0.05, 0.1) is 5.60 Å². The van der Waals surface area contributed by atoms with E-state index in [4.69, 9.17) is 4.74 Å². The fourth-order valence-corrected chi connectivity index (χ4v) is 5.70. The highest BCUT2D eigenvalue weighted by molar-refractivity contribution is 4.90. The molecule has 0 heterocycles. The Morgan fingerprint density at radius 2 is 1.32 bits per heavy atom. The molecular formula is C24H46O. The molecule has 0 amide bonds. The lowest BCUT2D eigenvalue weighted by Gasteiger charge is -2.43. The van der Waals surface area contributed by atoms with Crippen molar-refractivity contribution < 1.29 is 4.74 Å². The van der Waals surface area contributed by atoms with Crippen molar-refractivity contribution in [1.29, 1.82) is 0 Å². The van der Waals surface area contributed by atoms with Gasteiger partial charge in [0, 0.05) is 7.11 Å². The maximum absolute atomic E-state index is 6.04. The summed E-state index contributed by atoms with van der Waals surface area (Å²) in [6.07, 6.45) is 24.3. The topological polar surface area (TPSA) is 9.23 Å². The molecule has 1 heteroatoms. The fourth-order valence-electron chi connectivity index (χ4n) is 5.70. The standard InChI is InChI=1S/C24H46O/c1-4-6-8-9-11-21-12-14-22(15-13-21)23-16-19-24(25-3,20-17-23)18-10-7-5-2/h21-23H,4-20H2,1-3H3/t21?,22?,23-,24+. The van der Waals surface area contributed by atoms with E-state index in [1.54, 1.807) is 0 Å². The highest BCUT2D eigenvalue weighted by Gasteiger charge is 2.38. The van der Waals surface area contributed by atoms with Crippen molar-refractivity contribution in [3.63, 3.8) is 0 Å². The normalized spacial score (nSPS) is 33.5. The van der Waals surface area contributed by atoms with E-state index in [-0.39, 0.29) is 5.60 Å². The van der Waals surface area contributed by atoms with E-state index in [9.17, 15) is 0 Å². The van der Waals surface area contributed by atoms with Crippen LogP contribution in [0.3, 0.4) is 0 Å². The summed E-state index contributed by atoms with van der Waals surface area (Å²) in [7, 11) is 1.97. The largest absolute Gasteiger partial charge is 0.378 e. The summed E-state index contributed by atoms with van der Waals surface area (Å²) >= 11 is 0. The molecule has 0 bridgehead atoms. The molecule has 2 aliphatic rings. The second-order valence-corrected chi connectivity index (χ2v) is 9.31. The Balaban J connectivity index is 1.66. The van der Waals surface area contributed by atoms with Crippen LogP contribution in [0.1, 0.15) is 123 Å². The molecule has 25 heavy (non-hydrogen) atoms. The van der Waals surface area contributed by atoms with Gasteiger partial charge in [-0.05, 0) is 62.7 Å². The van der Waals surface area contributed by atoms with E-state index in [1.165, 1.54) is 109 Å². The molecule has 0 unspecified atom stereocenters. The second kappa shape index (κ2) is 11.6. The van der Waals surface area contributed by atoms with Crippen molar-refractivity contribution in [1.82, 2.24) is 0 Å². The third kappa shape index (κ3) is 6.89. The summed E-state index contributed by atoms with van der Waals surface area (Å²) < 4.78 is 6.04.